The van der Waals surface area contributed by atoms with E-state index in [-0.39, 0.29) is 6.42 Å². The first-order chi connectivity index (χ1) is 11.5. The van der Waals surface area contributed by atoms with Crippen LogP contribution in [0.4, 0.5) is 4.39 Å². The van der Waals surface area contributed by atoms with Crippen molar-refractivity contribution in [1.29, 1.82) is 0 Å². The number of nitrogens with two attached hydrogens (primary N) is 1. The maximum atomic E-state index is 14.5. The van der Waals surface area contributed by atoms with Crippen LogP contribution in [0.5, 0.6) is 0 Å². The summed E-state index contributed by atoms with van der Waals surface area (Å²) in [5.74, 6) is -5.46. The highest BCUT2D eigenvalue weighted by molar-refractivity contribution is 6.42. The van der Waals surface area contributed by atoms with Crippen molar-refractivity contribution in [3.05, 3.63) is 33.8 Å². The van der Waals surface area contributed by atoms with E-state index < -0.39 is 47.2 Å². The highest BCUT2D eigenvalue weighted by Crippen LogP contribution is 2.67. The number of aliphatic carboxylic acids is 2. The molecule has 9 heteroatoms. The van der Waals surface area contributed by atoms with Gasteiger partial charge in [-0.3, -0.25) is 4.79 Å². The highest BCUT2D eigenvalue weighted by Gasteiger charge is 2.85. The molecule has 0 aromatic heterocycles. The Hall–Kier alpha value is -1.41. The van der Waals surface area contributed by atoms with Gasteiger partial charge in [0.25, 0.3) is 0 Å². The zero-order valence-electron chi connectivity index (χ0n) is 13.1. The second-order valence-corrected chi connectivity index (χ2v) is 7.39. The van der Waals surface area contributed by atoms with Gasteiger partial charge in [0.1, 0.15) is 5.54 Å². The molecule has 3 rings (SSSR count). The van der Waals surface area contributed by atoms with E-state index in [1.807, 2.05) is 0 Å². The Labute approximate surface area is 152 Å². The van der Waals surface area contributed by atoms with Crippen LogP contribution in [0.2, 0.25) is 10.0 Å². The zero-order valence-corrected chi connectivity index (χ0v) is 14.6. The van der Waals surface area contributed by atoms with E-state index in [1.54, 1.807) is 25.1 Å². The minimum atomic E-state index is -2.61. The van der Waals surface area contributed by atoms with Crippen LogP contribution in [0.3, 0.4) is 0 Å². The Bertz CT molecular complexity index is 762. The van der Waals surface area contributed by atoms with Gasteiger partial charge in [0, 0.05) is 11.8 Å². The lowest BCUT2D eigenvalue weighted by Gasteiger charge is -2.33. The average molecular weight is 392 g/mol. The number of benzene rings is 1. The molecule has 6 nitrogen and oxygen atoms in total. The van der Waals surface area contributed by atoms with Crippen molar-refractivity contribution >= 4 is 35.1 Å². The molecule has 4 unspecified atom stereocenters. The smallest absolute Gasteiger partial charge is 0.342 e. The summed E-state index contributed by atoms with van der Waals surface area (Å²) in [5.41, 5.74) is 1.88. The Morgan fingerprint density at radius 3 is 2.48 bits per heavy atom. The summed E-state index contributed by atoms with van der Waals surface area (Å²) >= 11 is 11.8. The molecule has 0 amide bonds. The first-order valence-electron chi connectivity index (χ1n) is 7.59. The van der Waals surface area contributed by atoms with E-state index in [4.69, 9.17) is 38.8 Å². The molecule has 6 atom stereocenters. The predicted octanol–water partition coefficient (Wildman–Crippen LogP) is 2.66. The van der Waals surface area contributed by atoms with E-state index in [2.05, 4.69) is 0 Å². The summed E-state index contributed by atoms with van der Waals surface area (Å²) < 4.78 is 20.3. The van der Waals surface area contributed by atoms with Crippen LogP contribution >= 0.6 is 23.2 Å². The molecule has 1 aromatic rings. The molecule has 136 valence electrons. The third-order valence-corrected chi connectivity index (χ3v) is 6.02. The molecule has 2 aliphatic rings. The number of carboxylic acids is 2. The van der Waals surface area contributed by atoms with Gasteiger partial charge >= 0.3 is 11.9 Å². The second kappa shape index (κ2) is 5.81. The Morgan fingerprint density at radius 1 is 1.32 bits per heavy atom. The third-order valence-electron chi connectivity index (χ3n) is 5.28. The van der Waals surface area contributed by atoms with Crippen LogP contribution in [0.25, 0.3) is 0 Å². The molecule has 2 fully saturated rings. The van der Waals surface area contributed by atoms with Crippen molar-refractivity contribution in [1.82, 2.24) is 0 Å². The fourth-order valence-electron chi connectivity index (χ4n) is 3.86. The number of carbonyl (C=O) groups is 2. The van der Waals surface area contributed by atoms with Crippen LogP contribution in [0.15, 0.2) is 18.2 Å². The fourth-order valence-corrected chi connectivity index (χ4v) is 4.17. The van der Waals surface area contributed by atoms with Crippen LogP contribution in [-0.4, -0.2) is 39.5 Å². The summed E-state index contributed by atoms with van der Waals surface area (Å²) in [7, 11) is 0. The van der Waals surface area contributed by atoms with Crippen LogP contribution in [0.1, 0.15) is 25.0 Å². The largest absolute Gasteiger partial charge is 0.480 e. The van der Waals surface area contributed by atoms with Gasteiger partial charge in [-0.1, -0.05) is 29.3 Å². The monoisotopic (exact) mass is 391 g/mol. The lowest BCUT2D eigenvalue weighted by molar-refractivity contribution is -0.158. The Balaban J connectivity index is 1.83. The molecule has 2 saturated carbocycles. The summed E-state index contributed by atoms with van der Waals surface area (Å²) in [4.78, 5) is 22.8. The first-order valence-corrected chi connectivity index (χ1v) is 8.35. The van der Waals surface area contributed by atoms with Crippen LogP contribution < -0.4 is 5.73 Å². The molecule has 4 N–H and O–H groups in total. The second-order valence-electron chi connectivity index (χ2n) is 6.57. The van der Waals surface area contributed by atoms with E-state index in [1.165, 1.54) is 0 Å². The molecular formula is C16H16Cl2FNO5. The molecule has 0 bridgehead atoms. The van der Waals surface area contributed by atoms with Crippen molar-refractivity contribution in [2.45, 2.75) is 36.8 Å². The molecular weight excluding hydrogens is 376 g/mol. The third kappa shape index (κ3) is 2.52. The number of rotatable bonds is 5. The van der Waals surface area contributed by atoms with Gasteiger partial charge in [-0.15, -0.1) is 0 Å². The molecule has 0 aliphatic heterocycles. The number of ether oxygens (including phenoxy) is 1. The quantitative estimate of drug-likeness (QED) is 0.711. The lowest BCUT2D eigenvalue weighted by atomic mass is 9.87. The Kier molecular flexibility index (Phi) is 4.27. The molecule has 25 heavy (non-hydrogen) atoms. The summed E-state index contributed by atoms with van der Waals surface area (Å²) in [6, 6.07) is 4.83. The minimum Gasteiger partial charge on any atom is -0.480 e. The molecule has 0 radical (unpaired) electrons. The zero-order chi connectivity index (χ0) is 18.7. The summed E-state index contributed by atoms with van der Waals surface area (Å²) in [6.45, 7) is 1.67. The van der Waals surface area contributed by atoms with Gasteiger partial charge in [0.2, 0.25) is 5.67 Å². The fraction of sp³-hybridized carbons (Fsp3) is 0.500. The number of hydrogen-bond donors (Lipinski definition) is 3. The molecule has 0 spiro atoms. The van der Waals surface area contributed by atoms with Crippen molar-refractivity contribution in [2.24, 2.45) is 17.6 Å². The van der Waals surface area contributed by atoms with Gasteiger partial charge in [-0.2, -0.15) is 0 Å². The van der Waals surface area contributed by atoms with Gasteiger partial charge in [-0.05, 0) is 31.0 Å². The van der Waals surface area contributed by atoms with Gasteiger partial charge < -0.3 is 20.7 Å². The topological polar surface area (TPSA) is 110 Å². The van der Waals surface area contributed by atoms with E-state index in [0.717, 1.165) is 0 Å². The van der Waals surface area contributed by atoms with Crippen molar-refractivity contribution in [3.63, 3.8) is 0 Å². The average Bonchev–Trinajstić information content (AvgIpc) is 3.01. The molecule has 0 saturated heterocycles. The molecule has 1 aromatic carbocycles. The van der Waals surface area contributed by atoms with Gasteiger partial charge in [0.15, 0.2) is 0 Å². The summed E-state index contributed by atoms with van der Waals surface area (Å²) in [5, 5.41) is 19.2. The van der Waals surface area contributed by atoms with E-state index in [0.29, 0.717) is 15.6 Å². The van der Waals surface area contributed by atoms with Crippen LogP contribution in [0, 0.1) is 11.8 Å². The number of carboxylic acid groups (broad SMARTS) is 2. The molecule has 0 heterocycles. The standard InChI is InChI=1S/C16H16Cl2FNO5/c1-6(7-2-3-9(17)10(18)4-7)25-11-5-8-12(15(8,19)13(21)22)16(11,20)14(23)24/h2-4,6,8,11-12H,5,20H2,1H3,(H,21,22)(H,23,24)/t6?,8?,11?,12?,15-,16+/m1/s1. The van der Waals surface area contributed by atoms with Crippen molar-refractivity contribution in [3.8, 4) is 0 Å². The maximum Gasteiger partial charge on any atom is 0.342 e. The predicted molar refractivity (Wildman–Crippen MR) is 87.4 cm³/mol. The van der Waals surface area contributed by atoms with Gasteiger partial charge in [-0.25, -0.2) is 9.18 Å². The van der Waals surface area contributed by atoms with Crippen molar-refractivity contribution in [2.75, 3.05) is 0 Å². The number of fused-ring (bicyclic) bond motifs is 1. The Morgan fingerprint density at radius 2 is 1.96 bits per heavy atom. The normalized spacial score (nSPS) is 37.4. The van der Waals surface area contributed by atoms with Gasteiger partial charge in [0.05, 0.1) is 22.3 Å². The van der Waals surface area contributed by atoms with E-state index in [9.17, 15) is 19.1 Å². The number of halogens is 3. The highest BCUT2D eigenvalue weighted by atomic mass is 35.5. The van der Waals surface area contributed by atoms with Crippen molar-refractivity contribution < 1.29 is 28.9 Å². The first kappa shape index (κ1) is 18.4. The SMILES string of the molecule is CC(OC1CC2C([C@]1(N)C(=O)O)[C@@]2(F)C(=O)O)c1ccc(Cl)c(Cl)c1. The maximum absolute atomic E-state index is 14.5. The number of alkyl halides is 1. The molecule has 2 aliphatic carbocycles. The lowest BCUT2D eigenvalue weighted by Crippen LogP contribution is -2.60. The summed E-state index contributed by atoms with van der Waals surface area (Å²) in [6.07, 6.45) is -1.69. The van der Waals surface area contributed by atoms with Crippen LogP contribution in [-0.2, 0) is 14.3 Å². The number of hydrogen-bond acceptors (Lipinski definition) is 4. The minimum absolute atomic E-state index is 0.0814. The van der Waals surface area contributed by atoms with E-state index >= 15 is 0 Å².